The van der Waals surface area contributed by atoms with E-state index in [0.717, 1.165) is 12.8 Å². The van der Waals surface area contributed by atoms with Gasteiger partial charge in [-0.1, -0.05) is 104 Å². The van der Waals surface area contributed by atoms with E-state index in [1.165, 1.54) is 71.0 Å². The van der Waals surface area contributed by atoms with Crippen molar-refractivity contribution in [1.82, 2.24) is 4.90 Å². The van der Waals surface area contributed by atoms with Crippen molar-refractivity contribution in [2.45, 2.75) is 96.8 Å². The van der Waals surface area contributed by atoms with Gasteiger partial charge in [0.25, 0.3) is 10.1 Å². The summed E-state index contributed by atoms with van der Waals surface area (Å²) < 4.78 is 28.8. The average Bonchev–Trinajstić information content (AvgIpc) is 2.74. The molecule has 1 aromatic carbocycles. The Labute approximate surface area is 181 Å². The van der Waals surface area contributed by atoms with Crippen molar-refractivity contribution >= 4 is 10.1 Å². The van der Waals surface area contributed by atoms with Gasteiger partial charge in [0, 0.05) is 0 Å². The second-order valence-corrected chi connectivity index (χ2v) is 9.01. The largest absolute Gasteiger partial charge is 0.304 e. The minimum Gasteiger partial charge on any atom is -0.304 e. The summed E-state index contributed by atoms with van der Waals surface area (Å²) in [5.41, 5.74) is 0. The molecule has 0 aliphatic rings. The number of benzene rings is 1. The number of hydrogen-bond acceptors (Lipinski definition) is 4. The van der Waals surface area contributed by atoms with Gasteiger partial charge in [-0.3, -0.25) is 4.18 Å². The fraction of sp³-hybridized carbons (Fsp3) is 0.750. The molecule has 0 amide bonds. The van der Waals surface area contributed by atoms with Crippen molar-refractivity contribution < 1.29 is 12.6 Å². The maximum Gasteiger partial charge on any atom is 0.296 e. The maximum atomic E-state index is 11.9. The van der Waals surface area contributed by atoms with Crippen LogP contribution in [0.3, 0.4) is 0 Å². The summed E-state index contributed by atoms with van der Waals surface area (Å²) in [6, 6.07) is 8.33. The van der Waals surface area contributed by atoms with Gasteiger partial charge in [0.1, 0.15) is 0 Å². The summed E-state index contributed by atoms with van der Waals surface area (Å²) >= 11 is 0. The van der Waals surface area contributed by atoms with Crippen LogP contribution in [0.2, 0.25) is 0 Å². The molecule has 0 spiro atoms. The smallest absolute Gasteiger partial charge is 0.296 e. The van der Waals surface area contributed by atoms with E-state index in [4.69, 9.17) is 4.18 Å². The predicted molar refractivity (Wildman–Crippen MR) is 125 cm³/mol. The van der Waals surface area contributed by atoms with Crippen LogP contribution in [-0.4, -0.2) is 39.6 Å². The van der Waals surface area contributed by atoms with Crippen LogP contribution in [0.1, 0.15) is 91.9 Å². The van der Waals surface area contributed by atoms with Gasteiger partial charge in [0.05, 0.1) is 11.5 Å². The quantitative estimate of drug-likeness (QED) is 0.218. The highest BCUT2D eigenvalue weighted by Gasteiger charge is 2.13. The van der Waals surface area contributed by atoms with Crippen LogP contribution in [0.5, 0.6) is 0 Å². The first-order valence-corrected chi connectivity index (χ1v) is 13.1. The zero-order chi connectivity index (χ0) is 21.8. The zero-order valence-corrected chi connectivity index (χ0v) is 20.2. The van der Waals surface area contributed by atoms with Crippen molar-refractivity contribution in [1.29, 1.82) is 0 Å². The molecule has 0 atom stereocenters. The van der Waals surface area contributed by atoms with Crippen molar-refractivity contribution in [2.24, 2.45) is 0 Å². The van der Waals surface area contributed by atoms with Gasteiger partial charge >= 0.3 is 0 Å². The number of nitrogens with zero attached hydrogens (tertiary/aromatic N) is 1. The SMILES string of the molecule is CCCCCCCCCCCCOS(=O)(=O)c1ccccc1.CCN(CC)CC. The Morgan fingerprint density at radius 1 is 0.690 bits per heavy atom. The normalized spacial score (nSPS) is 11.3. The van der Waals surface area contributed by atoms with E-state index in [-0.39, 0.29) is 11.5 Å². The zero-order valence-electron chi connectivity index (χ0n) is 19.4. The van der Waals surface area contributed by atoms with Crippen LogP contribution in [0, 0.1) is 0 Å². The summed E-state index contributed by atoms with van der Waals surface area (Å²) in [6.45, 7) is 12.6. The highest BCUT2D eigenvalue weighted by atomic mass is 32.2. The van der Waals surface area contributed by atoms with Crippen molar-refractivity contribution in [3.63, 3.8) is 0 Å². The molecule has 0 bridgehead atoms. The molecule has 0 unspecified atom stereocenters. The Hall–Kier alpha value is -0.910. The Balaban J connectivity index is 0.000000956. The van der Waals surface area contributed by atoms with Gasteiger partial charge in [-0.05, 0) is 38.2 Å². The van der Waals surface area contributed by atoms with Crippen LogP contribution < -0.4 is 0 Å². The van der Waals surface area contributed by atoms with Gasteiger partial charge in [-0.15, -0.1) is 0 Å². The van der Waals surface area contributed by atoms with Crippen molar-refractivity contribution in [2.75, 3.05) is 26.2 Å². The molecule has 170 valence electrons. The molecular formula is C24H45NO3S. The first kappa shape index (κ1) is 28.1. The Morgan fingerprint density at radius 3 is 1.55 bits per heavy atom. The molecule has 0 radical (unpaired) electrons. The van der Waals surface area contributed by atoms with Crippen molar-refractivity contribution in [3.05, 3.63) is 30.3 Å². The van der Waals surface area contributed by atoms with Gasteiger partial charge in [0.15, 0.2) is 0 Å². The van der Waals surface area contributed by atoms with E-state index in [2.05, 4.69) is 32.6 Å². The molecular weight excluding hydrogens is 382 g/mol. The van der Waals surface area contributed by atoms with Crippen LogP contribution in [-0.2, 0) is 14.3 Å². The summed E-state index contributed by atoms with van der Waals surface area (Å²) in [6.07, 6.45) is 12.3. The fourth-order valence-corrected chi connectivity index (χ4v) is 4.05. The van der Waals surface area contributed by atoms with E-state index >= 15 is 0 Å². The molecule has 29 heavy (non-hydrogen) atoms. The van der Waals surface area contributed by atoms with Crippen LogP contribution >= 0.6 is 0 Å². The topological polar surface area (TPSA) is 46.6 Å². The van der Waals surface area contributed by atoms with Gasteiger partial charge in [0.2, 0.25) is 0 Å². The second kappa shape index (κ2) is 19.1. The molecule has 1 aromatic rings. The second-order valence-electron chi connectivity index (χ2n) is 7.39. The van der Waals surface area contributed by atoms with Gasteiger partial charge in [-0.25, -0.2) is 0 Å². The first-order chi connectivity index (χ1) is 14.0. The fourth-order valence-electron chi connectivity index (χ4n) is 3.08. The lowest BCUT2D eigenvalue weighted by Crippen LogP contribution is -2.21. The Kier molecular flexibility index (Phi) is 18.5. The van der Waals surface area contributed by atoms with E-state index in [0.29, 0.717) is 0 Å². The Bertz CT molecular complexity index is 551. The molecule has 0 saturated carbocycles. The highest BCUT2D eigenvalue weighted by Crippen LogP contribution is 2.13. The third-order valence-corrected chi connectivity index (χ3v) is 6.44. The lowest BCUT2D eigenvalue weighted by molar-refractivity contribution is 0.306. The summed E-state index contributed by atoms with van der Waals surface area (Å²) in [5, 5.41) is 0. The standard InChI is InChI=1S/C18H30O3S.C6H15N/c1-2-3-4-5-6-7-8-9-10-14-17-21-22(19,20)18-15-12-11-13-16-18;1-4-7(5-2)6-3/h11-13,15-16H,2-10,14,17H2,1H3;4-6H2,1-3H3. The summed E-state index contributed by atoms with van der Waals surface area (Å²) in [7, 11) is -3.57. The number of hydrogen-bond donors (Lipinski definition) is 0. The van der Waals surface area contributed by atoms with E-state index in [9.17, 15) is 8.42 Å². The summed E-state index contributed by atoms with van der Waals surface area (Å²) in [5.74, 6) is 0. The first-order valence-electron chi connectivity index (χ1n) is 11.7. The van der Waals surface area contributed by atoms with Crippen LogP contribution in [0.4, 0.5) is 0 Å². The highest BCUT2D eigenvalue weighted by molar-refractivity contribution is 7.86. The number of rotatable bonds is 16. The lowest BCUT2D eigenvalue weighted by Gasteiger charge is -2.13. The maximum absolute atomic E-state index is 11.9. The van der Waals surface area contributed by atoms with E-state index < -0.39 is 10.1 Å². The molecule has 0 heterocycles. The molecule has 5 heteroatoms. The van der Waals surface area contributed by atoms with Crippen LogP contribution in [0.25, 0.3) is 0 Å². The molecule has 0 aliphatic heterocycles. The minimum absolute atomic E-state index is 0.238. The molecule has 1 rings (SSSR count). The predicted octanol–water partition coefficient (Wildman–Crippen LogP) is 6.66. The number of unbranched alkanes of at least 4 members (excludes halogenated alkanes) is 9. The summed E-state index contributed by atoms with van der Waals surface area (Å²) in [4.78, 5) is 2.61. The molecule has 4 nitrogen and oxygen atoms in total. The Morgan fingerprint density at radius 2 is 1.14 bits per heavy atom. The van der Waals surface area contributed by atoms with E-state index in [1.807, 2.05) is 0 Å². The van der Waals surface area contributed by atoms with Crippen molar-refractivity contribution in [3.8, 4) is 0 Å². The lowest BCUT2D eigenvalue weighted by atomic mass is 10.1. The average molecular weight is 428 g/mol. The molecule has 0 aliphatic carbocycles. The van der Waals surface area contributed by atoms with Gasteiger partial charge in [-0.2, -0.15) is 8.42 Å². The molecule has 0 aromatic heterocycles. The molecule has 0 fully saturated rings. The van der Waals surface area contributed by atoms with E-state index in [1.54, 1.807) is 30.3 Å². The third kappa shape index (κ3) is 15.6. The third-order valence-electron chi connectivity index (χ3n) is 5.11. The minimum atomic E-state index is -3.57. The molecule has 0 N–H and O–H groups in total. The molecule has 0 saturated heterocycles. The van der Waals surface area contributed by atoms with Crippen LogP contribution in [0.15, 0.2) is 35.2 Å². The van der Waals surface area contributed by atoms with Gasteiger partial charge < -0.3 is 4.90 Å². The monoisotopic (exact) mass is 427 g/mol.